The van der Waals surface area contributed by atoms with E-state index in [1.54, 1.807) is 4.90 Å². The average molecular weight is 328 g/mol. The van der Waals surface area contributed by atoms with Crippen LogP contribution in [0.4, 0.5) is 5.69 Å². The molecule has 0 aliphatic carbocycles. The highest BCUT2D eigenvalue weighted by Gasteiger charge is 2.25. The lowest BCUT2D eigenvalue weighted by Gasteiger charge is -2.23. The minimum absolute atomic E-state index is 0.149. The predicted molar refractivity (Wildman–Crippen MR) is 101 cm³/mol. The molecule has 0 aromatic heterocycles. The molecule has 0 N–H and O–H groups in total. The first-order valence-corrected chi connectivity index (χ1v) is 8.47. The Morgan fingerprint density at radius 3 is 2.40 bits per heavy atom. The van der Waals surface area contributed by atoms with E-state index in [4.69, 9.17) is 0 Å². The summed E-state index contributed by atoms with van der Waals surface area (Å²) >= 11 is 0. The number of anilines is 1. The summed E-state index contributed by atoms with van der Waals surface area (Å²) in [5, 5.41) is 11.8. The third-order valence-corrected chi connectivity index (χ3v) is 4.41. The van der Waals surface area contributed by atoms with E-state index in [1.165, 1.54) is 0 Å². The predicted octanol–water partition coefficient (Wildman–Crippen LogP) is 4.58. The number of hydrogen-bond acceptors (Lipinski definition) is 2. The molecule has 0 fully saturated rings. The molecule has 25 heavy (non-hydrogen) atoms. The summed E-state index contributed by atoms with van der Waals surface area (Å²) in [7, 11) is 0. The number of fused-ring (bicyclic) bond motifs is 1. The van der Waals surface area contributed by atoms with Gasteiger partial charge in [-0.2, -0.15) is 5.26 Å². The first-order chi connectivity index (χ1) is 12.2. The second-order valence-electron chi connectivity index (χ2n) is 5.94. The molecular formula is C22H20N2O. The number of benzene rings is 3. The van der Waals surface area contributed by atoms with Gasteiger partial charge in [0.1, 0.15) is 5.92 Å². The first-order valence-electron chi connectivity index (χ1n) is 8.47. The lowest BCUT2D eigenvalue weighted by atomic mass is 9.94. The van der Waals surface area contributed by atoms with E-state index in [-0.39, 0.29) is 5.91 Å². The van der Waals surface area contributed by atoms with Gasteiger partial charge in [0.15, 0.2) is 0 Å². The molecule has 3 aromatic carbocycles. The molecule has 0 saturated heterocycles. The largest absolute Gasteiger partial charge is 0.312 e. The minimum Gasteiger partial charge on any atom is -0.312 e. The van der Waals surface area contributed by atoms with E-state index in [0.717, 1.165) is 22.0 Å². The summed E-state index contributed by atoms with van der Waals surface area (Å²) < 4.78 is 0. The second-order valence-corrected chi connectivity index (χ2v) is 5.94. The zero-order chi connectivity index (χ0) is 17.6. The fraction of sp³-hybridized carbons (Fsp3) is 0.182. The minimum atomic E-state index is -0.703. The smallest absolute Gasteiger partial charge is 0.244 e. The maximum absolute atomic E-state index is 12.9. The Bertz CT molecular complexity index is 907. The van der Waals surface area contributed by atoms with E-state index in [1.807, 2.05) is 79.7 Å². The van der Waals surface area contributed by atoms with Crippen molar-refractivity contribution in [2.75, 3.05) is 11.4 Å². The van der Waals surface area contributed by atoms with Gasteiger partial charge in [0, 0.05) is 12.2 Å². The van der Waals surface area contributed by atoms with E-state index in [2.05, 4.69) is 6.07 Å². The van der Waals surface area contributed by atoms with Gasteiger partial charge in [-0.05, 0) is 41.8 Å². The highest BCUT2D eigenvalue weighted by molar-refractivity contribution is 5.97. The number of amides is 1. The molecule has 0 aliphatic rings. The Morgan fingerprint density at radius 2 is 1.68 bits per heavy atom. The SMILES string of the molecule is CCN(C(=O)C(C#N)Cc1cccc2ccccc12)c1ccccc1. The van der Waals surface area contributed by atoms with Crippen LogP contribution in [0.1, 0.15) is 12.5 Å². The topological polar surface area (TPSA) is 44.1 Å². The lowest BCUT2D eigenvalue weighted by molar-refractivity contribution is -0.120. The Labute approximate surface area is 148 Å². The Kier molecular flexibility index (Phi) is 5.11. The van der Waals surface area contributed by atoms with Crippen LogP contribution in [0.2, 0.25) is 0 Å². The number of carbonyl (C=O) groups is 1. The van der Waals surface area contributed by atoms with Crippen LogP contribution in [0.3, 0.4) is 0 Å². The van der Waals surface area contributed by atoms with Crippen molar-refractivity contribution in [1.82, 2.24) is 0 Å². The molecule has 3 aromatic rings. The van der Waals surface area contributed by atoms with E-state index >= 15 is 0 Å². The molecule has 3 rings (SSSR count). The summed E-state index contributed by atoms with van der Waals surface area (Å²) in [5.41, 5.74) is 1.86. The highest BCUT2D eigenvalue weighted by atomic mass is 16.2. The van der Waals surface area contributed by atoms with E-state index in [9.17, 15) is 10.1 Å². The van der Waals surface area contributed by atoms with E-state index < -0.39 is 5.92 Å². The van der Waals surface area contributed by atoms with Crippen molar-refractivity contribution in [1.29, 1.82) is 5.26 Å². The van der Waals surface area contributed by atoms with Crippen molar-refractivity contribution in [2.24, 2.45) is 5.92 Å². The van der Waals surface area contributed by atoms with Gasteiger partial charge in [-0.3, -0.25) is 4.79 Å². The maximum atomic E-state index is 12.9. The van der Waals surface area contributed by atoms with Gasteiger partial charge in [-0.1, -0.05) is 60.7 Å². The normalized spacial score (nSPS) is 11.7. The van der Waals surface area contributed by atoms with Gasteiger partial charge < -0.3 is 4.90 Å². The van der Waals surface area contributed by atoms with Crippen molar-refractivity contribution >= 4 is 22.4 Å². The maximum Gasteiger partial charge on any atom is 0.244 e. The van der Waals surface area contributed by atoms with Gasteiger partial charge in [-0.15, -0.1) is 0 Å². The molecule has 1 amide bonds. The van der Waals surface area contributed by atoms with Crippen molar-refractivity contribution in [2.45, 2.75) is 13.3 Å². The van der Waals surface area contributed by atoms with Crippen LogP contribution >= 0.6 is 0 Å². The lowest BCUT2D eigenvalue weighted by Crippen LogP contribution is -2.36. The first kappa shape index (κ1) is 16.7. The molecule has 3 heteroatoms. The van der Waals surface area contributed by atoms with Crippen molar-refractivity contribution in [3.05, 3.63) is 78.4 Å². The van der Waals surface area contributed by atoms with Crippen LogP contribution in [0.15, 0.2) is 72.8 Å². The fourth-order valence-corrected chi connectivity index (χ4v) is 3.14. The molecule has 0 saturated carbocycles. The van der Waals surface area contributed by atoms with Crippen LogP contribution in [-0.2, 0) is 11.2 Å². The van der Waals surface area contributed by atoms with Crippen LogP contribution in [0.5, 0.6) is 0 Å². The highest BCUT2D eigenvalue weighted by Crippen LogP contribution is 2.23. The Balaban J connectivity index is 1.89. The zero-order valence-corrected chi connectivity index (χ0v) is 14.2. The van der Waals surface area contributed by atoms with Crippen LogP contribution in [0.25, 0.3) is 10.8 Å². The van der Waals surface area contributed by atoms with Gasteiger partial charge in [0.25, 0.3) is 0 Å². The number of hydrogen-bond donors (Lipinski definition) is 0. The van der Waals surface area contributed by atoms with Crippen LogP contribution < -0.4 is 4.90 Å². The number of nitriles is 1. The molecule has 0 spiro atoms. The summed E-state index contributed by atoms with van der Waals surface area (Å²) in [4.78, 5) is 14.6. The number of nitrogens with zero attached hydrogens (tertiary/aromatic N) is 2. The monoisotopic (exact) mass is 328 g/mol. The molecule has 0 bridgehead atoms. The van der Waals surface area contributed by atoms with Crippen LogP contribution in [0, 0.1) is 17.2 Å². The summed E-state index contributed by atoms with van der Waals surface area (Å²) in [6.07, 6.45) is 0.417. The van der Waals surface area contributed by atoms with Gasteiger partial charge in [0.05, 0.1) is 6.07 Å². The average Bonchev–Trinajstić information content (AvgIpc) is 2.67. The molecule has 0 radical (unpaired) electrons. The Morgan fingerprint density at radius 1 is 1.00 bits per heavy atom. The fourth-order valence-electron chi connectivity index (χ4n) is 3.14. The molecule has 1 unspecified atom stereocenters. The molecule has 3 nitrogen and oxygen atoms in total. The molecule has 0 aliphatic heterocycles. The quantitative estimate of drug-likeness (QED) is 0.688. The van der Waals surface area contributed by atoms with E-state index in [0.29, 0.717) is 13.0 Å². The number of rotatable bonds is 5. The van der Waals surface area contributed by atoms with Crippen molar-refractivity contribution in [3.63, 3.8) is 0 Å². The van der Waals surface area contributed by atoms with Crippen molar-refractivity contribution in [3.8, 4) is 6.07 Å². The Hall–Kier alpha value is -3.12. The number of para-hydroxylation sites is 1. The van der Waals surface area contributed by atoms with Gasteiger partial charge in [-0.25, -0.2) is 0 Å². The zero-order valence-electron chi connectivity index (χ0n) is 14.2. The molecule has 1 atom stereocenters. The third kappa shape index (κ3) is 3.54. The molecule has 0 heterocycles. The second kappa shape index (κ2) is 7.63. The van der Waals surface area contributed by atoms with Crippen LogP contribution in [-0.4, -0.2) is 12.5 Å². The van der Waals surface area contributed by atoms with Gasteiger partial charge >= 0.3 is 0 Å². The molecular weight excluding hydrogens is 308 g/mol. The standard InChI is InChI=1S/C22H20N2O/c1-2-24(20-12-4-3-5-13-20)22(25)19(16-23)15-18-11-8-10-17-9-6-7-14-21(17)18/h3-14,19H,2,15H2,1H3. The summed E-state index contributed by atoms with van der Waals surface area (Å²) in [5.74, 6) is -0.852. The number of carbonyl (C=O) groups excluding carboxylic acids is 1. The third-order valence-electron chi connectivity index (χ3n) is 4.41. The summed E-state index contributed by atoms with van der Waals surface area (Å²) in [6.45, 7) is 2.47. The molecule has 124 valence electrons. The van der Waals surface area contributed by atoms with Crippen molar-refractivity contribution < 1.29 is 4.79 Å². The summed E-state index contributed by atoms with van der Waals surface area (Å²) in [6, 6.07) is 25.8. The van der Waals surface area contributed by atoms with Gasteiger partial charge in [0.2, 0.25) is 5.91 Å².